The van der Waals surface area contributed by atoms with Crippen molar-refractivity contribution in [2.75, 3.05) is 7.05 Å². The van der Waals surface area contributed by atoms with Crippen LogP contribution in [0.4, 0.5) is 0 Å². The third-order valence-electron chi connectivity index (χ3n) is 3.03. The van der Waals surface area contributed by atoms with Gasteiger partial charge in [-0.1, -0.05) is 32.0 Å². The number of hydrogen-bond donors (Lipinski definition) is 1. The molecule has 0 atom stereocenters. The Morgan fingerprint density at radius 1 is 1.26 bits per heavy atom. The van der Waals surface area contributed by atoms with Crippen molar-refractivity contribution in [1.82, 2.24) is 9.88 Å². The number of nitrogens with one attached hydrogen (secondary N) is 1. The van der Waals surface area contributed by atoms with Crippen LogP contribution in [0.5, 0.6) is 0 Å². The summed E-state index contributed by atoms with van der Waals surface area (Å²) in [6.45, 7) is 4.69. The van der Waals surface area contributed by atoms with Gasteiger partial charge in [0.2, 0.25) is 0 Å². The summed E-state index contributed by atoms with van der Waals surface area (Å²) >= 11 is 0. The second-order valence-corrected chi connectivity index (χ2v) is 5.02. The molecule has 0 saturated carbocycles. The molecule has 0 unspecified atom stereocenters. The lowest BCUT2D eigenvalue weighted by Crippen LogP contribution is -2.26. The van der Waals surface area contributed by atoms with Crippen LogP contribution in [-0.4, -0.2) is 17.5 Å². The molecule has 0 spiro atoms. The molecule has 0 saturated heterocycles. The molecule has 1 heterocycles. The van der Waals surface area contributed by atoms with Gasteiger partial charge in [-0.15, -0.1) is 0 Å². The van der Waals surface area contributed by atoms with Gasteiger partial charge in [-0.25, -0.2) is 0 Å². The van der Waals surface area contributed by atoms with Gasteiger partial charge < -0.3 is 9.88 Å². The molecule has 19 heavy (non-hydrogen) atoms. The van der Waals surface area contributed by atoms with Crippen molar-refractivity contribution in [1.29, 1.82) is 0 Å². The smallest absolute Gasteiger partial charge is 0.258 e. The van der Waals surface area contributed by atoms with Gasteiger partial charge >= 0.3 is 0 Å². The zero-order valence-electron chi connectivity index (χ0n) is 11.4. The topological polar surface area (TPSA) is 51.1 Å². The average Bonchev–Trinajstić information content (AvgIpc) is 2.40. The first-order chi connectivity index (χ1) is 9.04. The Kier molecular flexibility index (Phi) is 3.69. The minimum absolute atomic E-state index is 0.0445. The SMILES string of the molecule is CNC(=O)c1cn(CC(C)C)c(=O)c2ccccc12. The first kappa shape index (κ1) is 13.3. The van der Waals surface area contributed by atoms with E-state index >= 15 is 0 Å². The summed E-state index contributed by atoms with van der Waals surface area (Å²) in [5.41, 5.74) is 0.496. The Hall–Kier alpha value is -2.10. The summed E-state index contributed by atoms with van der Waals surface area (Å²) in [5.74, 6) is 0.171. The maximum atomic E-state index is 12.4. The van der Waals surface area contributed by atoms with E-state index in [0.29, 0.717) is 28.8 Å². The Morgan fingerprint density at radius 2 is 1.89 bits per heavy atom. The summed E-state index contributed by atoms with van der Waals surface area (Å²) < 4.78 is 1.62. The van der Waals surface area contributed by atoms with Crippen LogP contribution in [0.3, 0.4) is 0 Å². The zero-order chi connectivity index (χ0) is 14.0. The summed E-state index contributed by atoms with van der Waals surface area (Å²) in [5, 5.41) is 3.91. The normalized spacial score (nSPS) is 10.9. The lowest BCUT2D eigenvalue weighted by atomic mass is 10.1. The van der Waals surface area contributed by atoms with Crippen molar-refractivity contribution < 1.29 is 4.79 Å². The van der Waals surface area contributed by atoms with E-state index in [9.17, 15) is 9.59 Å². The van der Waals surface area contributed by atoms with Crippen LogP contribution in [-0.2, 0) is 6.54 Å². The maximum Gasteiger partial charge on any atom is 0.258 e. The Bertz CT molecular complexity index is 671. The number of aromatic nitrogens is 1. The standard InChI is InChI=1S/C15H18N2O2/c1-10(2)8-17-9-13(14(18)16-3)11-6-4-5-7-12(11)15(17)19/h4-7,9-10H,8H2,1-3H3,(H,16,18). The fourth-order valence-corrected chi connectivity index (χ4v) is 2.19. The molecule has 1 aromatic heterocycles. The maximum absolute atomic E-state index is 12.4. The number of pyridine rings is 1. The number of fused-ring (bicyclic) bond motifs is 1. The van der Waals surface area contributed by atoms with Crippen LogP contribution in [0.15, 0.2) is 35.3 Å². The third-order valence-corrected chi connectivity index (χ3v) is 3.03. The van der Waals surface area contributed by atoms with Gasteiger partial charge in [0, 0.05) is 30.6 Å². The van der Waals surface area contributed by atoms with Crippen LogP contribution < -0.4 is 10.9 Å². The van der Waals surface area contributed by atoms with Gasteiger partial charge in [0.05, 0.1) is 5.56 Å². The first-order valence-electron chi connectivity index (χ1n) is 6.39. The number of carbonyl (C=O) groups is 1. The average molecular weight is 258 g/mol. The van der Waals surface area contributed by atoms with Gasteiger partial charge in [0.25, 0.3) is 11.5 Å². The van der Waals surface area contributed by atoms with Crippen molar-refractivity contribution in [2.45, 2.75) is 20.4 Å². The van der Waals surface area contributed by atoms with Gasteiger partial charge in [-0.2, -0.15) is 0 Å². The Labute approximate surface area is 112 Å². The van der Waals surface area contributed by atoms with Gasteiger partial charge in [-0.05, 0) is 12.0 Å². The molecule has 0 bridgehead atoms. The minimum atomic E-state index is -0.172. The molecule has 0 radical (unpaired) electrons. The number of rotatable bonds is 3. The van der Waals surface area contributed by atoms with Gasteiger partial charge in [0.1, 0.15) is 0 Å². The van der Waals surface area contributed by atoms with E-state index in [4.69, 9.17) is 0 Å². The zero-order valence-corrected chi connectivity index (χ0v) is 11.4. The number of hydrogen-bond acceptors (Lipinski definition) is 2. The Morgan fingerprint density at radius 3 is 2.47 bits per heavy atom. The molecule has 4 heteroatoms. The molecule has 1 aromatic carbocycles. The van der Waals surface area contributed by atoms with Gasteiger partial charge in [0.15, 0.2) is 0 Å². The van der Waals surface area contributed by atoms with Crippen LogP contribution in [0.2, 0.25) is 0 Å². The number of carbonyl (C=O) groups excluding carboxylic acids is 1. The molecule has 0 fully saturated rings. The summed E-state index contributed by atoms with van der Waals surface area (Å²) in [7, 11) is 1.59. The molecule has 4 nitrogen and oxygen atoms in total. The van der Waals surface area contributed by atoms with Crippen LogP contribution in [0.1, 0.15) is 24.2 Å². The highest BCUT2D eigenvalue weighted by atomic mass is 16.1. The van der Waals surface area contributed by atoms with Gasteiger partial charge in [-0.3, -0.25) is 9.59 Å². The highest BCUT2D eigenvalue weighted by Crippen LogP contribution is 2.15. The van der Waals surface area contributed by atoms with Crippen molar-refractivity contribution >= 4 is 16.7 Å². The summed E-state index contributed by atoms with van der Waals surface area (Å²) in [6, 6.07) is 7.22. The predicted octanol–water partition coefficient (Wildman–Crippen LogP) is 2.02. The first-order valence-corrected chi connectivity index (χ1v) is 6.39. The van der Waals surface area contributed by atoms with E-state index in [2.05, 4.69) is 5.32 Å². The van der Waals surface area contributed by atoms with E-state index < -0.39 is 0 Å². The molecule has 1 N–H and O–H groups in total. The molecule has 1 amide bonds. The molecule has 2 aromatic rings. The number of amides is 1. The molecule has 0 aliphatic carbocycles. The predicted molar refractivity (Wildman–Crippen MR) is 76.4 cm³/mol. The molecule has 0 aliphatic rings. The lowest BCUT2D eigenvalue weighted by molar-refractivity contribution is 0.0964. The Balaban J connectivity index is 2.76. The van der Waals surface area contributed by atoms with E-state index in [1.54, 1.807) is 29.9 Å². The van der Waals surface area contributed by atoms with Crippen molar-refractivity contribution in [3.8, 4) is 0 Å². The van der Waals surface area contributed by atoms with E-state index in [0.717, 1.165) is 0 Å². The van der Waals surface area contributed by atoms with Crippen molar-refractivity contribution in [3.63, 3.8) is 0 Å². The fourth-order valence-electron chi connectivity index (χ4n) is 2.19. The van der Waals surface area contributed by atoms with Crippen molar-refractivity contribution in [3.05, 3.63) is 46.4 Å². The molecule has 2 rings (SSSR count). The summed E-state index contributed by atoms with van der Waals surface area (Å²) in [6.07, 6.45) is 1.66. The fraction of sp³-hybridized carbons (Fsp3) is 0.333. The molecule has 0 aliphatic heterocycles. The third kappa shape index (κ3) is 2.52. The van der Waals surface area contributed by atoms with E-state index in [1.807, 2.05) is 26.0 Å². The number of nitrogens with zero attached hydrogens (tertiary/aromatic N) is 1. The summed E-state index contributed by atoms with van der Waals surface area (Å²) in [4.78, 5) is 24.3. The second kappa shape index (κ2) is 5.26. The highest BCUT2D eigenvalue weighted by Gasteiger charge is 2.13. The monoisotopic (exact) mass is 258 g/mol. The van der Waals surface area contributed by atoms with E-state index in [-0.39, 0.29) is 11.5 Å². The molecule has 100 valence electrons. The quantitative estimate of drug-likeness (QED) is 0.915. The second-order valence-electron chi connectivity index (χ2n) is 5.02. The largest absolute Gasteiger partial charge is 0.355 e. The van der Waals surface area contributed by atoms with E-state index in [1.165, 1.54) is 0 Å². The lowest BCUT2D eigenvalue weighted by Gasteiger charge is -2.13. The van der Waals surface area contributed by atoms with Crippen LogP contribution in [0.25, 0.3) is 10.8 Å². The van der Waals surface area contributed by atoms with Crippen molar-refractivity contribution in [2.24, 2.45) is 5.92 Å². The minimum Gasteiger partial charge on any atom is -0.355 e. The highest BCUT2D eigenvalue weighted by molar-refractivity contribution is 6.06. The molecular formula is C15H18N2O2. The molecular weight excluding hydrogens is 240 g/mol. The van der Waals surface area contributed by atoms with Crippen LogP contribution in [0, 0.1) is 5.92 Å². The van der Waals surface area contributed by atoms with Crippen LogP contribution >= 0.6 is 0 Å². The number of benzene rings is 1.